The first kappa shape index (κ1) is 15.6. The fourth-order valence-electron chi connectivity index (χ4n) is 1.61. The molecule has 0 aliphatic heterocycles. The summed E-state index contributed by atoms with van der Waals surface area (Å²) in [6, 6.07) is 2.01. The van der Waals surface area contributed by atoms with Crippen molar-refractivity contribution in [3.8, 4) is 10.8 Å². The average molecular weight is 360 g/mol. The van der Waals surface area contributed by atoms with E-state index in [4.69, 9.17) is 15.0 Å². The molecule has 0 amide bonds. The van der Waals surface area contributed by atoms with Crippen LogP contribution in [0.1, 0.15) is 31.7 Å². The molecular weight excluding hydrogens is 342 g/mol. The zero-order chi connectivity index (χ0) is 14.8. The van der Waals surface area contributed by atoms with E-state index in [0.29, 0.717) is 24.9 Å². The minimum Gasteiger partial charge on any atom is -0.379 e. The first-order valence-electron chi connectivity index (χ1n) is 6.41. The maximum atomic E-state index is 6.19. The number of hydrogen-bond acceptors (Lipinski definition) is 6. The van der Waals surface area contributed by atoms with Crippen LogP contribution in [0.2, 0.25) is 0 Å². The van der Waals surface area contributed by atoms with Crippen molar-refractivity contribution in [3.05, 3.63) is 21.2 Å². The number of halogens is 1. The van der Waals surface area contributed by atoms with Crippen molar-refractivity contribution < 1.29 is 9.26 Å². The SMILES string of the molecule is CCCOCC(C)(N)c1noc(-c2cc(C)c(Br)s2)n1. The molecule has 0 aliphatic rings. The van der Waals surface area contributed by atoms with E-state index in [9.17, 15) is 0 Å². The Hall–Kier alpha value is -0.760. The molecule has 0 aromatic carbocycles. The number of thiophene rings is 1. The molecule has 0 saturated heterocycles. The highest BCUT2D eigenvalue weighted by molar-refractivity contribution is 9.11. The summed E-state index contributed by atoms with van der Waals surface area (Å²) < 4.78 is 11.9. The normalized spacial score (nSPS) is 14.4. The molecule has 2 N–H and O–H groups in total. The second-order valence-corrected chi connectivity index (χ2v) is 7.33. The van der Waals surface area contributed by atoms with Gasteiger partial charge in [-0.3, -0.25) is 0 Å². The Labute approximate surface area is 130 Å². The summed E-state index contributed by atoms with van der Waals surface area (Å²) in [5.41, 5.74) is 6.58. The molecular formula is C13H18BrN3O2S. The Morgan fingerprint density at radius 2 is 2.30 bits per heavy atom. The Morgan fingerprint density at radius 1 is 1.55 bits per heavy atom. The van der Waals surface area contributed by atoms with Crippen LogP contribution in [0.4, 0.5) is 0 Å². The van der Waals surface area contributed by atoms with E-state index < -0.39 is 5.54 Å². The van der Waals surface area contributed by atoms with E-state index in [2.05, 4.69) is 33.0 Å². The molecule has 5 nitrogen and oxygen atoms in total. The fraction of sp³-hybridized carbons (Fsp3) is 0.538. The van der Waals surface area contributed by atoms with Gasteiger partial charge in [0.15, 0.2) is 5.82 Å². The molecule has 110 valence electrons. The van der Waals surface area contributed by atoms with Gasteiger partial charge in [0.1, 0.15) is 5.54 Å². The van der Waals surface area contributed by atoms with Crippen molar-refractivity contribution in [2.75, 3.05) is 13.2 Å². The van der Waals surface area contributed by atoms with Crippen LogP contribution >= 0.6 is 27.3 Å². The molecule has 0 aliphatic carbocycles. The topological polar surface area (TPSA) is 74.2 Å². The van der Waals surface area contributed by atoms with Gasteiger partial charge in [-0.15, -0.1) is 11.3 Å². The van der Waals surface area contributed by atoms with Crippen LogP contribution in [0.5, 0.6) is 0 Å². The zero-order valence-corrected chi connectivity index (χ0v) is 14.2. The number of nitrogens with zero attached hydrogens (tertiary/aromatic N) is 2. The van der Waals surface area contributed by atoms with Crippen LogP contribution in [0.3, 0.4) is 0 Å². The van der Waals surface area contributed by atoms with Gasteiger partial charge in [-0.1, -0.05) is 12.1 Å². The molecule has 20 heavy (non-hydrogen) atoms. The largest absolute Gasteiger partial charge is 0.379 e. The van der Waals surface area contributed by atoms with Crippen LogP contribution in [0.25, 0.3) is 10.8 Å². The van der Waals surface area contributed by atoms with E-state index in [1.165, 1.54) is 0 Å². The number of ether oxygens (including phenoxy) is 1. The summed E-state index contributed by atoms with van der Waals surface area (Å²) in [5.74, 6) is 0.955. The highest BCUT2D eigenvalue weighted by Gasteiger charge is 2.28. The number of rotatable bonds is 6. The van der Waals surface area contributed by atoms with Crippen LogP contribution in [0, 0.1) is 6.92 Å². The standard InChI is InChI=1S/C13H18BrN3O2S/c1-4-5-18-7-13(3,15)12-16-11(19-17-12)9-6-8(2)10(14)20-9/h6H,4-5,7,15H2,1-3H3. The molecule has 0 fully saturated rings. The van der Waals surface area contributed by atoms with Crippen molar-refractivity contribution in [1.82, 2.24) is 10.1 Å². The molecule has 0 radical (unpaired) electrons. The molecule has 2 rings (SSSR count). The molecule has 0 bridgehead atoms. The van der Waals surface area contributed by atoms with Gasteiger partial charge < -0.3 is 15.0 Å². The van der Waals surface area contributed by atoms with Crippen LogP contribution in [0.15, 0.2) is 14.4 Å². The van der Waals surface area contributed by atoms with Gasteiger partial charge in [-0.2, -0.15) is 4.98 Å². The number of aryl methyl sites for hydroxylation is 1. The zero-order valence-electron chi connectivity index (χ0n) is 11.8. The van der Waals surface area contributed by atoms with Gasteiger partial charge in [0.05, 0.1) is 15.3 Å². The molecule has 2 aromatic heterocycles. The summed E-state index contributed by atoms with van der Waals surface area (Å²) in [6.07, 6.45) is 0.954. The molecule has 0 spiro atoms. The van der Waals surface area contributed by atoms with Gasteiger partial charge in [0.2, 0.25) is 0 Å². The van der Waals surface area contributed by atoms with E-state index >= 15 is 0 Å². The van der Waals surface area contributed by atoms with E-state index in [1.54, 1.807) is 11.3 Å². The molecule has 1 unspecified atom stereocenters. The summed E-state index contributed by atoms with van der Waals surface area (Å²) >= 11 is 5.05. The predicted molar refractivity (Wildman–Crippen MR) is 82.7 cm³/mol. The van der Waals surface area contributed by atoms with Gasteiger partial charge in [0.25, 0.3) is 5.89 Å². The lowest BCUT2D eigenvalue weighted by atomic mass is 10.1. The number of aromatic nitrogens is 2. The van der Waals surface area contributed by atoms with Gasteiger partial charge in [-0.25, -0.2) is 0 Å². The third-order valence-electron chi connectivity index (χ3n) is 2.76. The van der Waals surface area contributed by atoms with Crippen molar-refractivity contribution >= 4 is 27.3 Å². The monoisotopic (exact) mass is 359 g/mol. The Kier molecular flexibility index (Phi) is 4.95. The van der Waals surface area contributed by atoms with Gasteiger partial charge in [-0.05, 0) is 47.8 Å². The highest BCUT2D eigenvalue weighted by Crippen LogP contribution is 2.34. The third kappa shape index (κ3) is 3.46. The maximum Gasteiger partial charge on any atom is 0.268 e. The van der Waals surface area contributed by atoms with Crippen LogP contribution < -0.4 is 5.73 Å². The first-order valence-corrected chi connectivity index (χ1v) is 8.02. The Bertz CT molecular complexity index is 560. The van der Waals surface area contributed by atoms with Crippen molar-refractivity contribution in [2.45, 2.75) is 32.7 Å². The maximum absolute atomic E-state index is 6.19. The molecule has 0 saturated carbocycles. The summed E-state index contributed by atoms with van der Waals surface area (Å²) in [4.78, 5) is 5.32. The molecule has 2 aromatic rings. The minimum atomic E-state index is -0.750. The van der Waals surface area contributed by atoms with Crippen molar-refractivity contribution in [3.63, 3.8) is 0 Å². The second-order valence-electron chi connectivity index (χ2n) is 4.96. The third-order valence-corrected chi connectivity index (χ3v) is 4.88. The Balaban J connectivity index is 2.15. The summed E-state index contributed by atoms with van der Waals surface area (Å²) in [5, 5.41) is 3.98. The van der Waals surface area contributed by atoms with Crippen molar-refractivity contribution in [1.29, 1.82) is 0 Å². The highest BCUT2D eigenvalue weighted by atomic mass is 79.9. The molecule has 1 atom stereocenters. The minimum absolute atomic E-state index is 0.368. The second kappa shape index (κ2) is 6.34. The van der Waals surface area contributed by atoms with Crippen LogP contribution in [-0.4, -0.2) is 23.4 Å². The van der Waals surface area contributed by atoms with Crippen molar-refractivity contribution in [2.24, 2.45) is 5.73 Å². The molecule has 2 heterocycles. The smallest absolute Gasteiger partial charge is 0.268 e. The summed E-state index contributed by atoms with van der Waals surface area (Å²) in [7, 11) is 0. The van der Waals surface area contributed by atoms with Crippen LogP contribution in [-0.2, 0) is 10.3 Å². The molecule has 7 heteroatoms. The average Bonchev–Trinajstić information content (AvgIpc) is 2.98. The Morgan fingerprint density at radius 3 is 2.90 bits per heavy atom. The lowest BCUT2D eigenvalue weighted by Crippen LogP contribution is -2.39. The lowest BCUT2D eigenvalue weighted by Gasteiger charge is -2.19. The van der Waals surface area contributed by atoms with E-state index in [1.807, 2.05) is 19.9 Å². The van der Waals surface area contributed by atoms with Gasteiger partial charge in [0, 0.05) is 6.61 Å². The predicted octanol–water partition coefficient (Wildman–Crippen LogP) is 3.47. The quantitative estimate of drug-likeness (QED) is 0.799. The van der Waals surface area contributed by atoms with E-state index in [-0.39, 0.29) is 0 Å². The number of nitrogens with two attached hydrogens (primary N) is 1. The van der Waals surface area contributed by atoms with E-state index in [0.717, 1.165) is 20.6 Å². The lowest BCUT2D eigenvalue weighted by molar-refractivity contribution is 0.0867. The van der Waals surface area contributed by atoms with Gasteiger partial charge >= 0.3 is 0 Å². The first-order chi connectivity index (χ1) is 9.44. The summed E-state index contributed by atoms with van der Waals surface area (Å²) in [6.45, 7) is 6.96. The number of hydrogen-bond donors (Lipinski definition) is 1. The fourth-order valence-corrected chi connectivity index (χ4v) is 3.07.